The zero-order valence-electron chi connectivity index (χ0n) is 10.2. The Kier molecular flexibility index (Phi) is 5.99. The molecule has 0 saturated carbocycles. The van der Waals surface area contributed by atoms with Gasteiger partial charge in [-0.05, 0) is 31.4 Å². The molecule has 5 nitrogen and oxygen atoms in total. The van der Waals surface area contributed by atoms with Crippen molar-refractivity contribution in [3.05, 3.63) is 23.0 Å². The summed E-state index contributed by atoms with van der Waals surface area (Å²) in [4.78, 5) is -0.556. The molecular weight excluding hydrogens is 295 g/mol. The van der Waals surface area contributed by atoms with Crippen molar-refractivity contribution in [2.45, 2.75) is 24.2 Å². The van der Waals surface area contributed by atoms with Crippen molar-refractivity contribution in [2.75, 3.05) is 18.9 Å². The van der Waals surface area contributed by atoms with Gasteiger partial charge in [0.15, 0.2) is 5.82 Å². The zero-order valence-corrected chi connectivity index (χ0v) is 11.8. The van der Waals surface area contributed by atoms with E-state index in [9.17, 15) is 12.8 Å². The summed E-state index contributed by atoms with van der Waals surface area (Å²) in [6, 6.07) is 2.18. The molecule has 0 bridgehead atoms. The molecule has 1 aromatic carbocycles. The van der Waals surface area contributed by atoms with Crippen molar-refractivity contribution >= 4 is 27.3 Å². The van der Waals surface area contributed by atoms with Crippen molar-refractivity contribution in [3.8, 4) is 0 Å². The van der Waals surface area contributed by atoms with Crippen LogP contribution in [0.1, 0.15) is 19.3 Å². The molecular formula is C11H16ClFN2O3S. The van der Waals surface area contributed by atoms with E-state index in [0.717, 1.165) is 12.1 Å². The molecule has 0 aliphatic rings. The van der Waals surface area contributed by atoms with E-state index in [-0.39, 0.29) is 23.9 Å². The molecule has 0 aliphatic carbocycles. The third kappa shape index (κ3) is 4.61. The molecule has 0 amide bonds. The van der Waals surface area contributed by atoms with Crippen LogP contribution in [0.2, 0.25) is 5.02 Å². The van der Waals surface area contributed by atoms with Gasteiger partial charge in [0.2, 0.25) is 10.0 Å². The van der Waals surface area contributed by atoms with E-state index in [2.05, 4.69) is 4.72 Å². The maximum atomic E-state index is 13.7. The van der Waals surface area contributed by atoms with Gasteiger partial charge in [-0.2, -0.15) is 0 Å². The fourth-order valence-electron chi connectivity index (χ4n) is 1.48. The van der Waals surface area contributed by atoms with Gasteiger partial charge in [-0.3, -0.25) is 0 Å². The Morgan fingerprint density at radius 1 is 1.32 bits per heavy atom. The van der Waals surface area contributed by atoms with Gasteiger partial charge < -0.3 is 10.8 Å². The van der Waals surface area contributed by atoms with Crippen molar-refractivity contribution in [1.82, 2.24) is 4.72 Å². The maximum Gasteiger partial charge on any atom is 0.243 e. The van der Waals surface area contributed by atoms with Gasteiger partial charge in [0.25, 0.3) is 0 Å². The average Bonchev–Trinajstić information content (AvgIpc) is 2.33. The second-order valence-corrected chi connectivity index (χ2v) is 6.14. The Morgan fingerprint density at radius 3 is 2.63 bits per heavy atom. The quantitative estimate of drug-likeness (QED) is 0.525. The number of rotatable bonds is 7. The van der Waals surface area contributed by atoms with E-state index >= 15 is 0 Å². The fourth-order valence-corrected chi connectivity index (χ4v) is 2.97. The Morgan fingerprint density at radius 2 is 2.00 bits per heavy atom. The zero-order chi connectivity index (χ0) is 14.5. The van der Waals surface area contributed by atoms with Gasteiger partial charge in [-0.25, -0.2) is 17.5 Å². The van der Waals surface area contributed by atoms with E-state index in [4.69, 9.17) is 22.4 Å². The second-order valence-electron chi connectivity index (χ2n) is 4.00. The van der Waals surface area contributed by atoms with Crippen LogP contribution in [0.3, 0.4) is 0 Å². The van der Waals surface area contributed by atoms with Crippen LogP contribution < -0.4 is 10.5 Å². The molecule has 8 heteroatoms. The maximum absolute atomic E-state index is 13.7. The largest absolute Gasteiger partial charge is 0.399 e. The summed E-state index contributed by atoms with van der Waals surface area (Å²) in [7, 11) is -3.98. The lowest BCUT2D eigenvalue weighted by atomic mass is 10.2. The van der Waals surface area contributed by atoms with Crippen LogP contribution >= 0.6 is 11.6 Å². The normalized spacial score (nSPS) is 11.7. The van der Waals surface area contributed by atoms with Crippen LogP contribution in [0.15, 0.2) is 17.0 Å². The molecule has 0 saturated heterocycles. The highest BCUT2D eigenvalue weighted by molar-refractivity contribution is 7.89. The highest BCUT2D eigenvalue weighted by Crippen LogP contribution is 2.25. The topological polar surface area (TPSA) is 92.4 Å². The van der Waals surface area contributed by atoms with E-state index in [1.165, 1.54) is 0 Å². The number of nitrogens with two attached hydrogens (primary N) is 1. The lowest BCUT2D eigenvalue weighted by Gasteiger charge is -2.09. The number of unbranched alkanes of at least 4 members (excludes halogenated alkanes) is 2. The standard InChI is InChI=1S/C11H16ClFN2O3S/c12-9-6-8(14)7-10(11(9)13)19(17,18)15-4-2-1-3-5-16/h6-7,15-16H,1-5,14H2. The van der Waals surface area contributed by atoms with Crippen LogP contribution in [0, 0.1) is 5.82 Å². The first-order valence-corrected chi connectivity index (χ1v) is 7.59. The molecule has 1 rings (SSSR count). The van der Waals surface area contributed by atoms with Crippen LogP contribution in [-0.4, -0.2) is 26.7 Å². The van der Waals surface area contributed by atoms with E-state index in [1.54, 1.807) is 0 Å². The monoisotopic (exact) mass is 310 g/mol. The molecule has 19 heavy (non-hydrogen) atoms. The van der Waals surface area contributed by atoms with Crippen molar-refractivity contribution in [2.24, 2.45) is 0 Å². The Balaban J connectivity index is 2.78. The van der Waals surface area contributed by atoms with Crippen LogP contribution in [0.5, 0.6) is 0 Å². The molecule has 0 aliphatic heterocycles. The van der Waals surface area contributed by atoms with Gasteiger partial charge >= 0.3 is 0 Å². The molecule has 0 fully saturated rings. The minimum atomic E-state index is -3.98. The molecule has 1 aromatic rings. The summed E-state index contributed by atoms with van der Waals surface area (Å²) >= 11 is 5.55. The first-order chi connectivity index (χ1) is 8.88. The summed E-state index contributed by atoms with van der Waals surface area (Å²) < 4.78 is 39.7. The summed E-state index contributed by atoms with van der Waals surface area (Å²) in [6.07, 6.45) is 1.83. The fraction of sp³-hybridized carbons (Fsp3) is 0.455. The Labute approximate surface area is 116 Å². The third-order valence-corrected chi connectivity index (χ3v) is 4.17. The predicted molar refractivity (Wildman–Crippen MR) is 71.9 cm³/mol. The number of aliphatic hydroxyl groups is 1. The molecule has 0 aromatic heterocycles. The molecule has 0 heterocycles. The number of hydrogen-bond donors (Lipinski definition) is 3. The smallest absolute Gasteiger partial charge is 0.243 e. The molecule has 4 N–H and O–H groups in total. The third-order valence-electron chi connectivity index (χ3n) is 2.43. The summed E-state index contributed by atoms with van der Waals surface area (Å²) in [6.45, 7) is 0.223. The number of halogens is 2. The average molecular weight is 311 g/mol. The Bertz CT molecular complexity index is 537. The lowest BCUT2D eigenvalue weighted by Crippen LogP contribution is -2.26. The van der Waals surface area contributed by atoms with Crippen molar-refractivity contribution in [1.29, 1.82) is 0 Å². The molecule has 0 spiro atoms. The Hall–Kier alpha value is -0.890. The van der Waals surface area contributed by atoms with E-state index < -0.39 is 20.7 Å². The summed E-state index contributed by atoms with van der Waals surface area (Å²) in [5, 5.41) is 8.25. The van der Waals surface area contributed by atoms with Gasteiger partial charge in [-0.1, -0.05) is 11.6 Å². The molecule has 0 unspecified atom stereocenters. The number of nitrogen functional groups attached to an aromatic ring is 1. The number of benzene rings is 1. The second kappa shape index (κ2) is 7.04. The number of anilines is 1. The van der Waals surface area contributed by atoms with Crippen molar-refractivity contribution < 1.29 is 17.9 Å². The van der Waals surface area contributed by atoms with Gasteiger partial charge in [0, 0.05) is 18.8 Å². The number of nitrogens with one attached hydrogen (secondary N) is 1. The van der Waals surface area contributed by atoms with Crippen LogP contribution in [0.4, 0.5) is 10.1 Å². The van der Waals surface area contributed by atoms with Crippen molar-refractivity contribution in [3.63, 3.8) is 0 Å². The van der Waals surface area contributed by atoms with Gasteiger partial charge in [-0.15, -0.1) is 0 Å². The highest BCUT2D eigenvalue weighted by atomic mass is 35.5. The van der Waals surface area contributed by atoms with Gasteiger partial charge in [0.1, 0.15) is 4.90 Å². The van der Waals surface area contributed by atoms with E-state index in [1.807, 2.05) is 0 Å². The SMILES string of the molecule is Nc1cc(Cl)c(F)c(S(=O)(=O)NCCCCCO)c1. The summed E-state index contributed by atoms with van der Waals surface area (Å²) in [5.74, 6) is -1.02. The minimum absolute atomic E-state index is 0.0617. The summed E-state index contributed by atoms with van der Waals surface area (Å²) in [5.41, 5.74) is 5.52. The predicted octanol–water partition coefficient (Wildman–Crippen LogP) is 1.50. The van der Waals surface area contributed by atoms with Gasteiger partial charge in [0.05, 0.1) is 5.02 Å². The number of hydrogen-bond acceptors (Lipinski definition) is 4. The minimum Gasteiger partial charge on any atom is -0.399 e. The van der Waals surface area contributed by atoms with E-state index in [0.29, 0.717) is 19.3 Å². The van der Waals surface area contributed by atoms with Crippen LogP contribution in [-0.2, 0) is 10.0 Å². The molecule has 0 radical (unpaired) electrons. The number of aliphatic hydroxyl groups excluding tert-OH is 1. The molecule has 0 atom stereocenters. The van der Waals surface area contributed by atoms with Crippen LogP contribution in [0.25, 0.3) is 0 Å². The first kappa shape index (κ1) is 16.2. The molecule has 108 valence electrons. The number of sulfonamides is 1. The highest BCUT2D eigenvalue weighted by Gasteiger charge is 2.21. The lowest BCUT2D eigenvalue weighted by molar-refractivity contribution is 0.283. The first-order valence-electron chi connectivity index (χ1n) is 5.73.